The van der Waals surface area contributed by atoms with Gasteiger partial charge in [-0.3, -0.25) is 9.69 Å². The minimum atomic E-state index is -0.0486. The third-order valence-electron chi connectivity index (χ3n) is 5.68. The molecule has 0 aliphatic carbocycles. The monoisotopic (exact) mass is 412 g/mol. The largest absolute Gasteiger partial charge is 0.368 e. The number of urea groups is 1. The van der Waals surface area contributed by atoms with Gasteiger partial charge in [0.1, 0.15) is 0 Å². The number of carbonyl (C=O) groups is 2. The van der Waals surface area contributed by atoms with E-state index >= 15 is 0 Å². The molecule has 4 rings (SSSR count). The van der Waals surface area contributed by atoms with Gasteiger partial charge in [-0.15, -0.1) is 0 Å². The molecule has 7 heteroatoms. The molecule has 2 heterocycles. The smallest absolute Gasteiger partial charge is 0.324 e. The van der Waals surface area contributed by atoms with Gasteiger partial charge in [-0.1, -0.05) is 29.8 Å². The van der Waals surface area contributed by atoms with Gasteiger partial charge in [0.05, 0.1) is 11.4 Å². The van der Waals surface area contributed by atoms with E-state index in [9.17, 15) is 9.59 Å². The third kappa shape index (κ3) is 3.77. The van der Waals surface area contributed by atoms with Gasteiger partial charge in [0.15, 0.2) is 0 Å². The first kappa shape index (κ1) is 19.6. The summed E-state index contributed by atoms with van der Waals surface area (Å²) >= 11 is 6.15. The summed E-state index contributed by atoms with van der Waals surface area (Å²) in [7, 11) is 0. The summed E-state index contributed by atoms with van der Waals surface area (Å²) < 4.78 is 0. The van der Waals surface area contributed by atoms with Gasteiger partial charge in [-0.25, -0.2) is 4.79 Å². The van der Waals surface area contributed by atoms with Crippen molar-refractivity contribution in [2.24, 2.45) is 0 Å². The van der Waals surface area contributed by atoms with Crippen LogP contribution < -0.4 is 14.7 Å². The molecule has 1 saturated heterocycles. The van der Waals surface area contributed by atoms with E-state index in [-0.39, 0.29) is 11.9 Å². The van der Waals surface area contributed by atoms with Gasteiger partial charge in [-0.2, -0.15) is 0 Å². The van der Waals surface area contributed by atoms with Crippen LogP contribution >= 0.6 is 11.6 Å². The number of carbonyl (C=O) groups excluding carboxylic acids is 2. The Hall–Kier alpha value is -2.73. The molecule has 0 spiro atoms. The molecule has 1 fully saturated rings. The van der Waals surface area contributed by atoms with Crippen molar-refractivity contribution < 1.29 is 9.59 Å². The van der Waals surface area contributed by atoms with E-state index in [0.717, 1.165) is 18.8 Å². The highest BCUT2D eigenvalue weighted by molar-refractivity contribution is 6.31. The lowest BCUT2D eigenvalue weighted by atomic mass is 10.1. The van der Waals surface area contributed by atoms with Crippen LogP contribution in [0.2, 0.25) is 5.02 Å². The van der Waals surface area contributed by atoms with Crippen molar-refractivity contribution in [1.82, 2.24) is 4.90 Å². The minimum Gasteiger partial charge on any atom is -0.368 e. The maximum absolute atomic E-state index is 13.3. The Kier molecular flexibility index (Phi) is 5.37. The molecule has 0 N–H and O–H groups in total. The number of piperazine rings is 1. The van der Waals surface area contributed by atoms with Crippen LogP contribution in [0.1, 0.15) is 12.5 Å². The fraction of sp³-hybridized carbons (Fsp3) is 0.364. The normalized spacial score (nSPS) is 16.7. The molecule has 2 aromatic rings. The highest BCUT2D eigenvalue weighted by Gasteiger charge is 2.32. The number of hydrogen-bond donors (Lipinski definition) is 0. The second kappa shape index (κ2) is 7.95. The predicted octanol–water partition coefficient (Wildman–Crippen LogP) is 3.76. The molecule has 0 aromatic heterocycles. The number of amides is 3. The molecule has 29 heavy (non-hydrogen) atoms. The molecule has 2 aromatic carbocycles. The Morgan fingerprint density at radius 1 is 0.828 bits per heavy atom. The number of anilines is 3. The van der Waals surface area contributed by atoms with E-state index in [4.69, 9.17) is 11.6 Å². The molecule has 0 atom stereocenters. The van der Waals surface area contributed by atoms with Gasteiger partial charge in [0.2, 0.25) is 5.91 Å². The summed E-state index contributed by atoms with van der Waals surface area (Å²) in [6, 6.07) is 13.7. The SMILES string of the molecule is CC(=O)N1CCN(C(=O)N2CCN(c3ccccc3C)CC2)c2ccc(Cl)cc21. The molecule has 0 bridgehead atoms. The molecule has 2 aliphatic rings. The van der Waals surface area contributed by atoms with Crippen LogP contribution in [0, 0.1) is 6.92 Å². The van der Waals surface area contributed by atoms with Gasteiger partial charge < -0.3 is 14.7 Å². The van der Waals surface area contributed by atoms with Gasteiger partial charge in [-0.05, 0) is 36.8 Å². The number of benzene rings is 2. The Bertz CT molecular complexity index is 940. The summed E-state index contributed by atoms with van der Waals surface area (Å²) in [6.07, 6.45) is 0. The number of fused-ring (bicyclic) bond motifs is 1. The number of aryl methyl sites for hydroxylation is 1. The summed E-state index contributed by atoms with van der Waals surface area (Å²) in [5.41, 5.74) is 3.92. The highest BCUT2D eigenvalue weighted by Crippen LogP contribution is 2.36. The van der Waals surface area contributed by atoms with Crippen LogP contribution in [-0.2, 0) is 4.79 Å². The zero-order valence-corrected chi connectivity index (χ0v) is 17.5. The predicted molar refractivity (Wildman–Crippen MR) is 117 cm³/mol. The van der Waals surface area contributed by atoms with Crippen molar-refractivity contribution in [3.63, 3.8) is 0 Å². The molecule has 2 aliphatic heterocycles. The number of halogens is 1. The van der Waals surface area contributed by atoms with Crippen molar-refractivity contribution in [3.8, 4) is 0 Å². The maximum atomic E-state index is 13.3. The zero-order valence-electron chi connectivity index (χ0n) is 16.8. The van der Waals surface area contributed by atoms with Crippen LogP contribution in [0.4, 0.5) is 21.9 Å². The number of rotatable bonds is 1. The highest BCUT2D eigenvalue weighted by atomic mass is 35.5. The lowest BCUT2D eigenvalue weighted by Crippen LogP contribution is -2.55. The second-order valence-electron chi connectivity index (χ2n) is 7.50. The Morgan fingerprint density at radius 3 is 2.21 bits per heavy atom. The van der Waals surface area contributed by atoms with Gasteiger partial charge >= 0.3 is 6.03 Å². The lowest BCUT2D eigenvalue weighted by molar-refractivity contribution is -0.116. The molecule has 3 amide bonds. The first-order valence-corrected chi connectivity index (χ1v) is 10.3. The number of hydrogen-bond acceptors (Lipinski definition) is 3. The third-order valence-corrected chi connectivity index (χ3v) is 5.92. The zero-order chi connectivity index (χ0) is 20.5. The molecule has 6 nitrogen and oxygen atoms in total. The molecule has 152 valence electrons. The van der Waals surface area contributed by atoms with Crippen molar-refractivity contribution in [2.75, 3.05) is 54.0 Å². The lowest BCUT2D eigenvalue weighted by Gasteiger charge is -2.42. The van der Waals surface area contributed by atoms with Crippen molar-refractivity contribution in [3.05, 3.63) is 53.1 Å². The van der Waals surface area contributed by atoms with E-state index in [2.05, 4.69) is 30.0 Å². The van der Waals surface area contributed by atoms with E-state index in [1.165, 1.54) is 18.2 Å². The topological polar surface area (TPSA) is 47.1 Å². The van der Waals surface area contributed by atoms with Crippen LogP contribution in [0.5, 0.6) is 0 Å². The van der Waals surface area contributed by atoms with Gasteiger partial charge in [0, 0.05) is 56.9 Å². The fourth-order valence-corrected chi connectivity index (χ4v) is 4.30. The van der Waals surface area contributed by atoms with Crippen LogP contribution in [0.3, 0.4) is 0 Å². The second-order valence-corrected chi connectivity index (χ2v) is 7.93. The fourth-order valence-electron chi connectivity index (χ4n) is 4.14. The molecular formula is C22H25ClN4O2. The van der Waals surface area contributed by atoms with Crippen LogP contribution in [0.15, 0.2) is 42.5 Å². The van der Waals surface area contributed by atoms with E-state index < -0.39 is 0 Å². The van der Waals surface area contributed by atoms with Crippen LogP contribution in [0.25, 0.3) is 0 Å². The Morgan fingerprint density at radius 2 is 1.52 bits per heavy atom. The Balaban J connectivity index is 1.50. The Labute approximate surface area is 176 Å². The summed E-state index contributed by atoms with van der Waals surface area (Å²) in [5.74, 6) is -0.0486. The maximum Gasteiger partial charge on any atom is 0.324 e. The quantitative estimate of drug-likeness (QED) is 0.716. The van der Waals surface area contributed by atoms with E-state index in [1.54, 1.807) is 21.9 Å². The van der Waals surface area contributed by atoms with E-state index in [0.29, 0.717) is 36.9 Å². The van der Waals surface area contributed by atoms with Crippen molar-refractivity contribution in [2.45, 2.75) is 13.8 Å². The number of para-hydroxylation sites is 1. The van der Waals surface area contributed by atoms with Gasteiger partial charge in [0.25, 0.3) is 0 Å². The van der Waals surface area contributed by atoms with Crippen LogP contribution in [-0.4, -0.2) is 56.1 Å². The summed E-state index contributed by atoms with van der Waals surface area (Å²) in [4.78, 5) is 33.0. The average molecular weight is 413 g/mol. The van der Waals surface area contributed by atoms with Crippen molar-refractivity contribution >= 4 is 40.6 Å². The minimum absolute atomic E-state index is 0.0128. The molecule has 0 unspecified atom stereocenters. The molecular weight excluding hydrogens is 388 g/mol. The number of nitrogens with zero attached hydrogens (tertiary/aromatic N) is 4. The average Bonchev–Trinajstić information content (AvgIpc) is 2.72. The summed E-state index contributed by atoms with van der Waals surface area (Å²) in [6.45, 7) is 7.54. The van der Waals surface area contributed by atoms with E-state index in [1.807, 2.05) is 17.0 Å². The first-order valence-electron chi connectivity index (χ1n) is 9.90. The molecule has 0 saturated carbocycles. The molecule has 0 radical (unpaired) electrons. The first-order chi connectivity index (χ1) is 14.0. The standard InChI is InChI=1S/C22H25ClN4O2/c1-16-5-3-4-6-19(16)24-9-11-25(12-10-24)22(29)27-14-13-26(17(2)28)21-15-18(23)7-8-20(21)27/h3-8,15H,9-14H2,1-2H3. The van der Waals surface area contributed by atoms with Crippen molar-refractivity contribution in [1.29, 1.82) is 0 Å². The summed E-state index contributed by atoms with van der Waals surface area (Å²) in [5, 5.41) is 0.552.